The van der Waals surface area contributed by atoms with Crippen molar-refractivity contribution < 1.29 is 9.53 Å². The number of methoxy groups -OCH3 is 1. The first kappa shape index (κ1) is 17.0. The van der Waals surface area contributed by atoms with E-state index in [4.69, 9.17) is 4.74 Å². The molecule has 0 aliphatic heterocycles. The van der Waals surface area contributed by atoms with Crippen molar-refractivity contribution in [1.82, 2.24) is 4.57 Å². The molecule has 4 nitrogen and oxygen atoms in total. The van der Waals surface area contributed by atoms with E-state index in [1.807, 2.05) is 26.0 Å². The summed E-state index contributed by atoms with van der Waals surface area (Å²) < 4.78 is 6.51. The van der Waals surface area contributed by atoms with E-state index in [2.05, 4.69) is 19.1 Å². The van der Waals surface area contributed by atoms with E-state index in [0.717, 1.165) is 27.6 Å². The smallest absolute Gasteiger partial charge is 0.337 e. The maximum absolute atomic E-state index is 12.6. The third-order valence-electron chi connectivity index (χ3n) is 4.46. The maximum atomic E-state index is 12.6. The van der Waals surface area contributed by atoms with Gasteiger partial charge in [0.15, 0.2) is 0 Å². The lowest BCUT2D eigenvalue weighted by molar-refractivity contribution is 0.0600. The number of fused-ring (bicyclic) bond motifs is 1. The fraction of sp³-hybridized carbons (Fsp3) is 0.238. The van der Waals surface area contributed by atoms with Gasteiger partial charge in [-0.2, -0.15) is 0 Å². The topological polar surface area (TPSA) is 48.3 Å². The third-order valence-corrected chi connectivity index (χ3v) is 4.46. The number of carbonyl (C=O) groups is 1. The molecule has 0 saturated carbocycles. The first-order valence-electron chi connectivity index (χ1n) is 8.19. The lowest BCUT2D eigenvalue weighted by Gasteiger charge is -2.15. The molecular weight excluding hydrogens is 314 g/mol. The van der Waals surface area contributed by atoms with Crippen molar-refractivity contribution in [2.24, 2.45) is 0 Å². The first-order chi connectivity index (χ1) is 11.9. The summed E-state index contributed by atoms with van der Waals surface area (Å²) in [6.07, 6.45) is 0. The number of rotatable bonds is 3. The van der Waals surface area contributed by atoms with Crippen LogP contribution in [0.4, 0.5) is 0 Å². The average Bonchev–Trinajstić information content (AvgIpc) is 2.58. The summed E-state index contributed by atoms with van der Waals surface area (Å²) in [6, 6.07) is 13.1. The van der Waals surface area contributed by atoms with Crippen LogP contribution in [0.1, 0.15) is 32.6 Å². The summed E-state index contributed by atoms with van der Waals surface area (Å²) >= 11 is 0. The van der Waals surface area contributed by atoms with Gasteiger partial charge in [0, 0.05) is 11.5 Å². The maximum Gasteiger partial charge on any atom is 0.337 e. The zero-order chi connectivity index (χ0) is 18.1. The number of hydrogen-bond acceptors (Lipinski definition) is 3. The number of carbonyl (C=O) groups excluding carboxylic acids is 1. The Hall–Kier alpha value is -2.88. The van der Waals surface area contributed by atoms with Gasteiger partial charge in [0.2, 0.25) is 0 Å². The van der Waals surface area contributed by atoms with E-state index in [1.165, 1.54) is 12.7 Å². The lowest BCUT2D eigenvalue weighted by Crippen LogP contribution is -2.21. The third kappa shape index (κ3) is 3.20. The molecule has 0 bridgehead atoms. The van der Waals surface area contributed by atoms with Crippen molar-refractivity contribution >= 4 is 16.9 Å². The van der Waals surface area contributed by atoms with Crippen molar-refractivity contribution in [2.75, 3.05) is 7.11 Å². The highest BCUT2D eigenvalue weighted by Crippen LogP contribution is 2.23. The molecule has 128 valence electrons. The van der Waals surface area contributed by atoms with Gasteiger partial charge in [-0.3, -0.25) is 4.79 Å². The van der Waals surface area contributed by atoms with E-state index in [-0.39, 0.29) is 11.5 Å². The molecule has 3 aromatic rings. The second kappa shape index (κ2) is 6.55. The highest BCUT2D eigenvalue weighted by Gasteiger charge is 2.11. The largest absolute Gasteiger partial charge is 0.465 e. The number of pyridine rings is 1. The number of ether oxygens (including phenoxy) is 1. The lowest BCUT2D eigenvalue weighted by atomic mass is 10.0. The molecule has 0 fully saturated rings. The summed E-state index contributed by atoms with van der Waals surface area (Å²) in [6.45, 7) is 6.52. The predicted octanol–water partition coefficient (Wildman–Crippen LogP) is 3.76. The fourth-order valence-corrected chi connectivity index (χ4v) is 3.27. The predicted molar refractivity (Wildman–Crippen MR) is 99.3 cm³/mol. The number of aryl methyl sites for hydroxylation is 3. The molecule has 0 aliphatic rings. The Bertz CT molecular complexity index is 1010. The normalized spacial score (nSPS) is 10.9. The van der Waals surface area contributed by atoms with Crippen LogP contribution in [0.5, 0.6) is 0 Å². The van der Waals surface area contributed by atoms with E-state index in [0.29, 0.717) is 12.1 Å². The molecule has 25 heavy (non-hydrogen) atoms. The standard InChI is InChI=1S/C21H21NO3/c1-13-9-15(3)20-18(10-13)14(2)11-19(23)22(20)12-16-5-7-17(8-6-16)21(24)25-4/h5-11H,12H2,1-4H3. The van der Waals surface area contributed by atoms with Gasteiger partial charge < -0.3 is 9.30 Å². The Labute approximate surface area is 146 Å². The zero-order valence-corrected chi connectivity index (χ0v) is 14.9. The molecule has 0 saturated heterocycles. The Morgan fingerprint density at radius 2 is 1.68 bits per heavy atom. The Morgan fingerprint density at radius 3 is 2.32 bits per heavy atom. The number of nitrogens with zero attached hydrogens (tertiary/aromatic N) is 1. The molecule has 3 rings (SSSR count). The van der Waals surface area contributed by atoms with E-state index < -0.39 is 0 Å². The van der Waals surface area contributed by atoms with Crippen molar-refractivity contribution in [3.05, 3.63) is 80.6 Å². The van der Waals surface area contributed by atoms with Gasteiger partial charge in [-0.25, -0.2) is 4.79 Å². The molecule has 1 heterocycles. The molecule has 4 heteroatoms. The minimum atomic E-state index is -0.365. The van der Waals surface area contributed by atoms with Crippen LogP contribution in [0.2, 0.25) is 0 Å². The second-order valence-corrected chi connectivity index (χ2v) is 6.42. The molecule has 0 unspecified atom stereocenters. The van der Waals surface area contributed by atoms with Gasteiger partial charge in [0.05, 0.1) is 24.7 Å². The molecule has 0 N–H and O–H groups in total. The van der Waals surface area contributed by atoms with E-state index in [1.54, 1.807) is 22.8 Å². The SMILES string of the molecule is COC(=O)c1ccc(Cn2c(=O)cc(C)c3cc(C)cc(C)c32)cc1. The van der Waals surface area contributed by atoms with Crippen molar-refractivity contribution in [3.8, 4) is 0 Å². The highest BCUT2D eigenvalue weighted by molar-refractivity contribution is 5.89. The Morgan fingerprint density at radius 1 is 1.00 bits per heavy atom. The van der Waals surface area contributed by atoms with Gasteiger partial charge in [0.25, 0.3) is 5.56 Å². The Balaban J connectivity index is 2.10. The summed E-state index contributed by atoms with van der Waals surface area (Å²) in [7, 11) is 1.36. The van der Waals surface area contributed by atoms with Gasteiger partial charge in [0.1, 0.15) is 0 Å². The quantitative estimate of drug-likeness (QED) is 0.685. The van der Waals surface area contributed by atoms with Crippen LogP contribution in [0.25, 0.3) is 10.9 Å². The molecule has 0 spiro atoms. The van der Waals surface area contributed by atoms with E-state index in [9.17, 15) is 9.59 Å². The van der Waals surface area contributed by atoms with Gasteiger partial charge in [-0.15, -0.1) is 0 Å². The van der Waals surface area contributed by atoms with Gasteiger partial charge in [-0.1, -0.05) is 23.8 Å². The highest BCUT2D eigenvalue weighted by atomic mass is 16.5. The van der Waals surface area contributed by atoms with Crippen LogP contribution in [0, 0.1) is 20.8 Å². The number of benzene rings is 2. The summed E-state index contributed by atoms with van der Waals surface area (Å²) in [5.41, 5.74) is 5.66. The number of aromatic nitrogens is 1. The van der Waals surface area contributed by atoms with E-state index >= 15 is 0 Å². The number of hydrogen-bond donors (Lipinski definition) is 0. The van der Waals surface area contributed by atoms with Crippen LogP contribution < -0.4 is 5.56 Å². The summed E-state index contributed by atoms with van der Waals surface area (Å²) in [4.78, 5) is 24.2. The van der Waals surface area contributed by atoms with Crippen LogP contribution in [0.15, 0.2) is 47.3 Å². The second-order valence-electron chi connectivity index (χ2n) is 6.42. The van der Waals surface area contributed by atoms with Crippen LogP contribution >= 0.6 is 0 Å². The minimum Gasteiger partial charge on any atom is -0.465 e. The molecule has 1 aromatic heterocycles. The van der Waals surface area contributed by atoms with Crippen molar-refractivity contribution in [2.45, 2.75) is 27.3 Å². The zero-order valence-electron chi connectivity index (χ0n) is 14.9. The first-order valence-corrected chi connectivity index (χ1v) is 8.19. The van der Waals surface area contributed by atoms with Crippen LogP contribution in [-0.4, -0.2) is 17.6 Å². The van der Waals surface area contributed by atoms with Gasteiger partial charge in [-0.05, 0) is 55.7 Å². The fourth-order valence-electron chi connectivity index (χ4n) is 3.27. The number of esters is 1. The molecule has 0 atom stereocenters. The van der Waals surface area contributed by atoms with Crippen molar-refractivity contribution in [3.63, 3.8) is 0 Å². The molecule has 0 radical (unpaired) electrons. The van der Waals surface area contributed by atoms with Crippen LogP contribution in [-0.2, 0) is 11.3 Å². The monoisotopic (exact) mass is 335 g/mol. The summed E-state index contributed by atoms with van der Waals surface area (Å²) in [5, 5.41) is 1.10. The average molecular weight is 335 g/mol. The van der Waals surface area contributed by atoms with Crippen molar-refractivity contribution in [1.29, 1.82) is 0 Å². The molecule has 2 aromatic carbocycles. The molecule has 0 aliphatic carbocycles. The summed E-state index contributed by atoms with van der Waals surface area (Å²) in [5.74, 6) is -0.365. The van der Waals surface area contributed by atoms with Gasteiger partial charge >= 0.3 is 5.97 Å². The minimum absolute atomic E-state index is 0.0194. The molecular formula is C21H21NO3. The Kier molecular flexibility index (Phi) is 4.45. The molecule has 0 amide bonds. The van der Waals surface area contributed by atoms with Crippen LogP contribution in [0.3, 0.4) is 0 Å².